The van der Waals surface area contributed by atoms with Crippen LogP contribution in [0.5, 0.6) is 5.75 Å². The molecular weight excluding hydrogens is 192 g/mol. The zero-order valence-corrected chi connectivity index (χ0v) is 8.80. The lowest BCUT2D eigenvalue weighted by atomic mass is 10.1. The van der Waals surface area contributed by atoms with Gasteiger partial charge in [0.1, 0.15) is 0 Å². The van der Waals surface area contributed by atoms with Gasteiger partial charge in [-0.3, -0.25) is 5.11 Å². The Morgan fingerprint density at radius 1 is 1.14 bits per heavy atom. The lowest BCUT2D eigenvalue weighted by Gasteiger charge is -2.03. The van der Waals surface area contributed by atoms with Crippen LogP contribution in [0.4, 0.5) is 0 Å². The Balaban J connectivity index is 2.63. The third-order valence-electron chi connectivity index (χ3n) is 2.14. The molecule has 1 radical (unpaired) electrons. The van der Waals surface area contributed by atoms with Crippen molar-refractivity contribution in [1.82, 2.24) is 0 Å². The average Bonchev–Trinajstić information content (AvgIpc) is 2.23. The summed E-state index contributed by atoms with van der Waals surface area (Å²) >= 11 is 1.60. The molecule has 0 heterocycles. The maximum absolute atomic E-state index is 11.9. The summed E-state index contributed by atoms with van der Waals surface area (Å²) < 4.78 is 0. The fraction of sp³-hybridized carbons (Fsp3) is 0.167. The summed E-state index contributed by atoms with van der Waals surface area (Å²) in [5.41, 5.74) is 0. The van der Waals surface area contributed by atoms with Gasteiger partial charge in [0.05, 0.1) is 4.90 Å². The summed E-state index contributed by atoms with van der Waals surface area (Å²) in [4.78, 5) is 0.853. The zero-order chi connectivity index (χ0) is 9.97. The van der Waals surface area contributed by atoms with Crippen LogP contribution in [0.2, 0.25) is 0 Å². The predicted octanol–water partition coefficient (Wildman–Crippen LogP) is 4.10. The quantitative estimate of drug-likeness (QED) is 0.673. The van der Waals surface area contributed by atoms with Gasteiger partial charge < -0.3 is 0 Å². The molecule has 0 bridgehead atoms. The van der Waals surface area contributed by atoms with Gasteiger partial charge in [-0.1, -0.05) is 37.3 Å². The maximum Gasteiger partial charge on any atom is 0.199 e. The van der Waals surface area contributed by atoms with E-state index in [2.05, 4.69) is 6.92 Å². The highest BCUT2D eigenvalue weighted by Crippen LogP contribution is 2.35. The van der Waals surface area contributed by atoms with E-state index >= 15 is 0 Å². The molecule has 0 fully saturated rings. The van der Waals surface area contributed by atoms with Crippen molar-refractivity contribution in [2.75, 3.05) is 5.75 Å². The van der Waals surface area contributed by atoms with E-state index in [0.717, 1.165) is 21.4 Å². The van der Waals surface area contributed by atoms with Gasteiger partial charge in [-0.2, -0.15) is 0 Å². The first-order chi connectivity index (χ1) is 6.83. The van der Waals surface area contributed by atoms with Crippen LogP contribution in [0.25, 0.3) is 10.8 Å². The van der Waals surface area contributed by atoms with Crippen LogP contribution in [0.3, 0.4) is 0 Å². The highest BCUT2D eigenvalue weighted by atomic mass is 32.2. The summed E-state index contributed by atoms with van der Waals surface area (Å²) in [5.74, 6) is 1.10. The highest BCUT2D eigenvalue weighted by Gasteiger charge is 2.06. The van der Waals surface area contributed by atoms with Crippen LogP contribution in [-0.2, 0) is 5.11 Å². The molecule has 0 saturated carbocycles. The molecule has 71 valence electrons. The number of rotatable bonds is 2. The van der Waals surface area contributed by atoms with Crippen molar-refractivity contribution in [2.45, 2.75) is 11.8 Å². The number of hydrogen-bond acceptors (Lipinski definition) is 1. The first-order valence-corrected chi connectivity index (χ1v) is 5.63. The van der Waals surface area contributed by atoms with Crippen molar-refractivity contribution in [2.24, 2.45) is 0 Å². The Hall–Kier alpha value is -1.15. The second-order valence-corrected chi connectivity index (χ2v) is 4.35. The highest BCUT2D eigenvalue weighted by molar-refractivity contribution is 7.99. The molecule has 2 aromatic rings. The molecule has 0 aliphatic carbocycles. The Morgan fingerprint density at radius 3 is 2.71 bits per heavy atom. The summed E-state index contributed by atoms with van der Waals surface area (Å²) in [6, 6.07) is 11.6. The molecule has 0 unspecified atom stereocenters. The molecule has 0 aromatic heterocycles. The van der Waals surface area contributed by atoms with Crippen molar-refractivity contribution in [1.29, 1.82) is 0 Å². The van der Waals surface area contributed by atoms with E-state index in [4.69, 9.17) is 0 Å². The van der Waals surface area contributed by atoms with E-state index in [1.165, 1.54) is 0 Å². The number of fused-ring (bicyclic) bond motifs is 1. The van der Waals surface area contributed by atoms with Crippen LogP contribution in [-0.4, -0.2) is 5.75 Å². The van der Waals surface area contributed by atoms with Gasteiger partial charge in [-0.05, 0) is 17.2 Å². The third-order valence-corrected chi connectivity index (χ3v) is 3.06. The fourth-order valence-electron chi connectivity index (χ4n) is 1.49. The second-order valence-electron chi connectivity index (χ2n) is 3.05. The van der Waals surface area contributed by atoms with E-state index in [0.29, 0.717) is 0 Å². The number of thioether (sulfide) groups is 1. The van der Waals surface area contributed by atoms with Crippen molar-refractivity contribution >= 4 is 22.5 Å². The Morgan fingerprint density at radius 2 is 1.93 bits per heavy atom. The summed E-state index contributed by atoms with van der Waals surface area (Å²) in [6.07, 6.45) is 0. The number of hydrogen-bond donors (Lipinski definition) is 0. The van der Waals surface area contributed by atoms with E-state index in [-0.39, 0.29) is 5.75 Å². The molecule has 1 nitrogen and oxygen atoms in total. The predicted molar refractivity (Wildman–Crippen MR) is 60.5 cm³/mol. The van der Waals surface area contributed by atoms with Gasteiger partial charge in [0, 0.05) is 5.39 Å². The van der Waals surface area contributed by atoms with Crippen LogP contribution >= 0.6 is 11.8 Å². The van der Waals surface area contributed by atoms with E-state index < -0.39 is 0 Å². The lowest BCUT2D eigenvalue weighted by molar-refractivity contribution is 0.350. The molecule has 0 spiro atoms. The Kier molecular flexibility index (Phi) is 2.64. The van der Waals surface area contributed by atoms with Crippen LogP contribution < -0.4 is 0 Å². The second kappa shape index (κ2) is 3.93. The third kappa shape index (κ3) is 1.58. The molecule has 0 atom stereocenters. The van der Waals surface area contributed by atoms with Gasteiger partial charge in [-0.15, -0.1) is 11.8 Å². The van der Waals surface area contributed by atoms with Crippen molar-refractivity contribution in [3.05, 3.63) is 36.4 Å². The van der Waals surface area contributed by atoms with E-state index in [1.54, 1.807) is 11.8 Å². The van der Waals surface area contributed by atoms with Gasteiger partial charge in [0.15, 0.2) is 5.75 Å². The van der Waals surface area contributed by atoms with Crippen LogP contribution in [0.1, 0.15) is 6.92 Å². The normalized spacial score (nSPS) is 10.6. The Labute approximate surface area is 87.8 Å². The minimum absolute atomic E-state index is 0.162. The topological polar surface area (TPSA) is 19.9 Å². The minimum Gasteiger partial charge on any atom is -0.288 e. The SMILES string of the molecule is CCSc1ccc2ccccc2c1[O]. The molecule has 2 rings (SSSR count). The molecule has 2 heteroatoms. The van der Waals surface area contributed by atoms with Crippen molar-refractivity contribution < 1.29 is 5.11 Å². The molecular formula is C12H11OS. The smallest absolute Gasteiger partial charge is 0.199 e. The summed E-state index contributed by atoms with van der Waals surface area (Å²) in [7, 11) is 0. The molecule has 2 aromatic carbocycles. The first kappa shape index (κ1) is 9.41. The summed E-state index contributed by atoms with van der Waals surface area (Å²) in [6.45, 7) is 2.05. The molecule has 0 amide bonds. The lowest BCUT2D eigenvalue weighted by Crippen LogP contribution is -1.77. The molecule has 0 N–H and O–H groups in total. The van der Waals surface area contributed by atoms with Crippen LogP contribution in [0.15, 0.2) is 41.3 Å². The van der Waals surface area contributed by atoms with E-state index in [1.807, 2.05) is 36.4 Å². The van der Waals surface area contributed by atoms with Crippen molar-refractivity contribution in [3.63, 3.8) is 0 Å². The van der Waals surface area contributed by atoms with Gasteiger partial charge in [0.25, 0.3) is 0 Å². The van der Waals surface area contributed by atoms with Crippen molar-refractivity contribution in [3.8, 4) is 5.75 Å². The van der Waals surface area contributed by atoms with Gasteiger partial charge in [-0.25, -0.2) is 0 Å². The maximum atomic E-state index is 11.9. The largest absolute Gasteiger partial charge is 0.288 e. The van der Waals surface area contributed by atoms with E-state index in [9.17, 15) is 5.11 Å². The molecule has 0 aliphatic rings. The van der Waals surface area contributed by atoms with Gasteiger partial charge >= 0.3 is 0 Å². The monoisotopic (exact) mass is 203 g/mol. The fourth-order valence-corrected chi connectivity index (χ4v) is 2.21. The minimum atomic E-state index is 0.162. The zero-order valence-electron chi connectivity index (χ0n) is 7.99. The van der Waals surface area contributed by atoms with Gasteiger partial charge in [0.2, 0.25) is 0 Å². The molecule has 14 heavy (non-hydrogen) atoms. The Bertz CT molecular complexity index is 451. The summed E-state index contributed by atoms with van der Waals surface area (Å²) in [5, 5.41) is 13.7. The first-order valence-electron chi connectivity index (χ1n) is 4.64. The van der Waals surface area contributed by atoms with Crippen LogP contribution in [0, 0.1) is 0 Å². The standard InChI is InChI=1S/C12H11OS/c1-2-14-11-8-7-9-5-3-4-6-10(9)12(11)13/h3-8H,2H2,1H3. The number of benzene rings is 2. The average molecular weight is 203 g/mol. The molecule has 0 aliphatic heterocycles. The molecule has 0 saturated heterocycles.